The van der Waals surface area contributed by atoms with Crippen LogP contribution in [0.1, 0.15) is 30.6 Å². The zero-order chi connectivity index (χ0) is 17.2. The van der Waals surface area contributed by atoms with Gasteiger partial charge in [-0.2, -0.15) is 0 Å². The summed E-state index contributed by atoms with van der Waals surface area (Å²) in [5, 5.41) is 6.81. The summed E-state index contributed by atoms with van der Waals surface area (Å²) in [6, 6.07) is 14.2. The monoisotopic (exact) mass is 341 g/mol. The lowest BCUT2D eigenvalue weighted by molar-refractivity contribution is 0.0194. The maximum absolute atomic E-state index is 5.79. The highest BCUT2D eigenvalue weighted by Crippen LogP contribution is 2.11. The van der Waals surface area contributed by atoms with Crippen LogP contribution in [0.4, 0.5) is 0 Å². The van der Waals surface area contributed by atoms with Gasteiger partial charge in [-0.1, -0.05) is 30.3 Å². The second kappa shape index (κ2) is 9.89. The highest BCUT2D eigenvalue weighted by Gasteiger charge is 2.14. The Bertz CT molecular complexity index is 620. The molecule has 0 aliphatic carbocycles. The van der Waals surface area contributed by atoms with Gasteiger partial charge in [0.05, 0.1) is 18.9 Å². The van der Waals surface area contributed by atoms with Gasteiger partial charge in [0.15, 0.2) is 5.96 Å². The molecule has 3 rings (SSSR count). The van der Waals surface area contributed by atoms with Gasteiger partial charge in [0.25, 0.3) is 0 Å². The SMILES string of the molecule is c1ccc(CN=C(NCCc2ccco2)NCC2CCCCO2)cc1. The summed E-state index contributed by atoms with van der Waals surface area (Å²) in [5.41, 5.74) is 1.20. The first-order valence-corrected chi connectivity index (χ1v) is 9.10. The van der Waals surface area contributed by atoms with E-state index in [0.29, 0.717) is 6.54 Å². The Morgan fingerprint density at radius 1 is 1.08 bits per heavy atom. The highest BCUT2D eigenvalue weighted by molar-refractivity contribution is 5.79. The normalized spacial score (nSPS) is 18.1. The molecule has 2 heterocycles. The standard InChI is InChI=1S/C20H27N3O2/c1-2-7-17(8-3-1)15-22-20(21-12-11-18-10-6-14-24-18)23-16-19-9-4-5-13-25-19/h1-3,6-8,10,14,19H,4-5,9,11-13,15-16H2,(H2,21,22,23). The molecule has 1 atom stereocenters. The minimum Gasteiger partial charge on any atom is -0.469 e. The summed E-state index contributed by atoms with van der Waals surface area (Å²) in [6.07, 6.45) is 6.35. The number of nitrogens with zero attached hydrogens (tertiary/aromatic N) is 1. The van der Waals surface area contributed by atoms with Crippen LogP contribution in [0, 0.1) is 0 Å². The van der Waals surface area contributed by atoms with Crippen LogP contribution in [-0.4, -0.2) is 31.8 Å². The van der Waals surface area contributed by atoms with Crippen molar-refractivity contribution in [2.45, 2.75) is 38.3 Å². The first kappa shape index (κ1) is 17.5. The van der Waals surface area contributed by atoms with Crippen LogP contribution in [0.5, 0.6) is 0 Å². The van der Waals surface area contributed by atoms with E-state index in [9.17, 15) is 0 Å². The van der Waals surface area contributed by atoms with Gasteiger partial charge in [-0.05, 0) is 37.0 Å². The average Bonchev–Trinajstić information content (AvgIpc) is 3.19. The van der Waals surface area contributed by atoms with Crippen molar-refractivity contribution in [3.8, 4) is 0 Å². The van der Waals surface area contributed by atoms with Gasteiger partial charge in [-0.15, -0.1) is 0 Å². The zero-order valence-electron chi connectivity index (χ0n) is 14.6. The minimum atomic E-state index is 0.280. The molecule has 0 spiro atoms. The number of rotatable bonds is 7. The van der Waals surface area contributed by atoms with Gasteiger partial charge >= 0.3 is 0 Å². The van der Waals surface area contributed by atoms with Crippen molar-refractivity contribution < 1.29 is 9.15 Å². The summed E-state index contributed by atoms with van der Waals surface area (Å²) in [6.45, 7) is 3.10. The van der Waals surface area contributed by atoms with Gasteiger partial charge in [0.1, 0.15) is 5.76 Å². The Morgan fingerprint density at radius 3 is 2.76 bits per heavy atom. The molecular weight excluding hydrogens is 314 g/mol. The fourth-order valence-electron chi connectivity index (χ4n) is 2.87. The fraction of sp³-hybridized carbons (Fsp3) is 0.450. The summed E-state index contributed by atoms with van der Waals surface area (Å²) >= 11 is 0. The lowest BCUT2D eigenvalue weighted by Gasteiger charge is -2.23. The molecule has 5 heteroatoms. The Labute approximate surface area is 149 Å². The van der Waals surface area contributed by atoms with Crippen LogP contribution in [-0.2, 0) is 17.7 Å². The molecule has 2 aromatic rings. The minimum absolute atomic E-state index is 0.280. The Balaban J connectivity index is 1.52. The van der Waals surface area contributed by atoms with Gasteiger partial charge in [0.2, 0.25) is 0 Å². The third kappa shape index (κ3) is 6.27. The number of benzene rings is 1. The Hall–Kier alpha value is -2.27. The molecule has 1 aromatic heterocycles. The largest absolute Gasteiger partial charge is 0.469 e. The quantitative estimate of drug-likeness (QED) is 0.600. The Morgan fingerprint density at radius 2 is 2.00 bits per heavy atom. The summed E-state index contributed by atoms with van der Waals surface area (Å²) < 4.78 is 11.2. The fourth-order valence-corrected chi connectivity index (χ4v) is 2.87. The van der Waals surface area contributed by atoms with E-state index in [2.05, 4.69) is 22.8 Å². The third-order valence-electron chi connectivity index (χ3n) is 4.28. The van der Waals surface area contributed by atoms with Crippen LogP contribution in [0.3, 0.4) is 0 Å². The van der Waals surface area contributed by atoms with E-state index in [-0.39, 0.29) is 6.10 Å². The lowest BCUT2D eigenvalue weighted by Crippen LogP contribution is -2.43. The number of hydrogen-bond acceptors (Lipinski definition) is 3. The highest BCUT2D eigenvalue weighted by atomic mass is 16.5. The van der Waals surface area contributed by atoms with E-state index < -0.39 is 0 Å². The zero-order valence-corrected chi connectivity index (χ0v) is 14.6. The summed E-state index contributed by atoms with van der Waals surface area (Å²) in [4.78, 5) is 4.71. The number of hydrogen-bond donors (Lipinski definition) is 2. The van der Waals surface area contributed by atoms with Crippen molar-refractivity contribution in [1.82, 2.24) is 10.6 Å². The maximum atomic E-state index is 5.79. The van der Waals surface area contributed by atoms with Crippen molar-refractivity contribution in [3.05, 3.63) is 60.1 Å². The van der Waals surface area contributed by atoms with E-state index in [0.717, 1.165) is 44.3 Å². The molecule has 1 unspecified atom stereocenters. The molecule has 0 saturated carbocycles. The molecule has 0 radical (unpaired) electrons. The molecule has 1 aliphatic heterocycles. The second-order valence-electron chi connectivity index (χ2n) is 6.28. The smallest absolute Gasteiger partial charge is 0.191 e. The van der Waals surface area contributed by atoms with E-state index in [1.165, 1.54) is 18.4 Å². The molecule has 25 heavy (non-hydrogen) atoms. The van der Waals surface area contributed by atoms with E-state index in [4.69, 9.17) is 14.1 Å². The summed E-state index contributed by atoms with van der Waals surface area (Å²) in [7, 11) is 0. The van der Waals surface area contributed by atoms with Crippen molar-refractivity contribution in [3.63, 3.8) is 0 Å². The molecule has 134 valence electrons. The molecule has 1 saturated heterocycles. The molecule has 1 aliphatic rings. The number of ether oxygens (including phenoxy) is 1. The number of aliphatic imine (C=N–C) groups is 1. The van der Waals surface area contributed by atoms with Gasteiger partial charge < -0.3 is 19.8 Å². The van der Waals surface area contributed by atoms with E-state index in [1.54, 1.807) is 6.26 Å². The molecule has 2 N–H and O–H groups in total. The molecule has 1 fully saturated rings. The number of furan rings is 1. The van der Waals surface area contributed by atoms with Crippen molar-refractivity contribution in [1.29, 1.82) is 0 Å². The lowest BCUT2D eigenvalue weighted by atomic mass is 10.1. The second-order valence-corrected chi connectivity index (χ2v) is 6.28. The maximum Gasteiger partial charge on any atom is 0.191 e. The van der Waals surface area contributed by atoms with E-state index in [1.807, 2.05) is 30.3 Å². The molecule has 0 amide bonds. The predicted octanol–water partition coefficient (Wildman–Crippen LogP) is 3.13. The van der Waals surface area contributed by atoms with Crippen LogP contribution >= 0.6 is 0 Å². The number of nitrogens with one attached hydrogen (secondary N) is 2. The summed E-state index contributed by atoms with van der Waals surface area (Å²) in [5.74, 6) is 1.80. The topological polar surface area (TPSA) is 58.8 Å². The van der Waals surface area contributed by atoms with Crippen molar-refractivity contribution in [2.24, 2.45) is 4.99 Å². The van der Waals surface area contributed by atoms with Crippen molar-refractivity contribution in [2.75, 3.05) is 19.7 Å². The van der Waals surface area contributed by atoms with Crippen LogP contribution in [0.25, 0.3) is 0 Å². The average molecular weight is 341 g/mol. The van der Waals surface area contributed by atoms with Gasteiger partial charge in [0, 0.05) is 26.1 Å². The van der Waals surface area contributed by atoms with Crippen LogP contribution in [0.2, 0.25) is 0 Å². The third-order valence-corrected chi connectivity index (χ3v) is 4.28. The van der Waals surface area contributed by atoms with Gasteiger partial charge in [-0.3, -0.25) is 0 Å². The first-order chi connectivity index (χ1) is 12.4. The molecule has 5 nitrogen and oxygen atoms in total. The number of guanidine groups is 1. The Kier molecular flexibility index (Phi) is 6.94. The van der Waals surface area contributed by atoms with Crippen molar-refractivity contribution >= 4 is 5.96 Å². The molecular formula is C20H27N3O2. The first-order valence-electron chi connectivity index (χ1n) is 9.10. The van der Waals surface area contributed by atoms with Gasteiger partial charge in [-0.25, -0.2) is 4.99 Å². The molecule has 0 bridgehead atoms. The van der Waals surface area contributed by atoms with Crippen LogP contribution < -0.4 is 10.6 Å². The van der Waals surface area contributed by atoms with Crippen LogP contribution in [0.15, 0.2) is 58.1 Å². The van der Waals surface area contributed by atoms with E-state index >= 15 is 0 Å². The molecule has 1 aromatic carbocycles. The predicted molar refractivity (Wildman–Crippen MR) is 99.6 cm³/mol.